The molecule has 41 heavy (non-hydrogen) atoms. The predicted molar refractivity (Wildman–Crippen MR) is 153 cm³/mol. The summed E-state index contributed by atoms with van der Waals surface area (Å²) < 4.78 is 50.4. The number of esters is 2. The molecule has 1 aliphatic heterocycles. The molecule has 6 nitrogen and oxygen atoms in total. The van der Waals surface area contributed by atoms with Crippen LogP contribution in [0.3, 0.4) is 0 Å². The molecule has 224 valence electrons. The van der Waals surface area contributed by atoms with Gasteiger partial charge < -0.3 is 19.7 Å². The quantitative estimate of drug-likeness (QED) is 0.127. The van der Waals surface area contributed by atoms with Crippen LogP contribution in [0.4, 0.5) is 18.9 Å². The number of nitrogens with zero attached hydrogens (tertiary/aromatic N) is 1. The van der Waals surface area contributed by atoms with Gasteiger partial charge in [0.15, 0.2) is 5.57 Å². The molecule has 0 atom stereocenters. The highest BCUT2D eigenvalue weighted by atomic mass is 19.4. The highest BCUT2D eigenvalue weighted by molar-refractivity contribution is 6.16. The summed E-state index contributed by atoms with van der Waals surface area (Å²) in [5, 5.41) is 3.06. The number of carbonyl (C=O) groups excluding carboxylic acids is 2. The van der Waals surface area contributed by atoms with E-state index in [0.29, 0.717) is 13.1 Å². The number of carbonyl (C=O) groups is 2. The Bertz CT molecular complexity index is 1210. The highest BCUT2D eigenvalue weighted by Crippen LogP contribution is 2.32. The minimum atomic E-state index is -4.49. The molecule has 0 aromatic heterocycles. The maximum atomic E-state index is 13.2. The molecule has 0 saturated carbocycles. The second-order valence-electron chi connectivity index (χ2n) is 11.9. The zero-order valence-electron chi connectivity index (χ0n) is 24.8. The van der Waals surface area contributed by atoms with Crippen molar-refractivity contribution in [1.29, 1.82) is 0 Å². The number of benzene rings is 2. The molecule has 1 fully saturated rings. The van der Waals surface area contributed by atoms with Crippen molar-refractivity contribution >= 4 is 17.6 Å². The van der Waals surface area contributed by atoms with E-state index in [0.717, 1.165) is 55.4 Å². The number of hydrogen-bond donors (Lipinski definition) is 1. The maximum absolute atomic E-state index is 13.2. The van der Waals surface area contributed by atoms with Crippen LogP contribution in [0.2, 0.25) is 0 Å². The number of anilines is 1. The van der Waals surface area contributed by atoms with E-state index in [1.165, 1.54) is 26.0 Å². The van der Waals surface area contributed by atoms with Crippen molar-refractivity contribution in [3.8, 4) is 0 Å². The first-order valence-corrected chi connectivity index (χ1v) is 14.1. The number of hydrogen-bond acceptors (Lipinski definition) is 6. The fourth-order valence-corrected chi connectivity index (χ4v) is 4.53. The van der Waals surface area contributed by atoms with Crippen LogP contribution in [-0.2, 0) is 37.2 Å². The topological polar surface area (TPSA) is 67.9 Å². The van der Waals surface area contributed by atoms with E-state index in [1.807, 2.05) is 17.0 Å². The van der Waals surface area contributed by atoms with E-state index in [2.05, 4.69) is 45.1 Å². The SMILES string of the molecule is CCCCCCCN(Cc1ccc(C(C)(C)C)cc1)C(Nc1ccc(C(F)(F)F)cc1)=C1C(=O)OC(C)(C)OC1=O. The first-order valence-electron chi connectivity index (χ1n) is 14.1. The van der Waals surface area contributed by atoms with Gasteiger partial charge >= 0.3 is 18.1 Å². The number of rotatable bonds is 11. The molecular weight excluding hydrogens is 533 g/mol. The largest absolute Gasteiger partial charge is 0.419 e. The molecule has 9 heteroatoms. The van der Waals surface area contributed by atoms with Gasteiger partial charge in [0.05, 0.1) is 5.56 Å². The molecule has 3 rings (SSSR count). The monoisotopic (exact) mass is 574 g/mol. The molecule has 0 unspecified atom stereocenters. The summed E-state index contributed by atoms with van der Waals surface area (Å²) in [6, 6.07) is 12.6. The van der Waals surface area contributed by atoms with Crippen LogP contribution in [0.25, 0.3) is 0 Å². The number of nitrogens with one attached hydrogen (secondary N) is 1. The zero-order valence-corrected chi connectivity index (χ0v) is 24.8. The molecule has 1 N–H and O–H groups in total. The predicted octanol–water partition coefficient (Wildman–Crippen LogP) is 7.94. The lowest BCUT2D eigenvalue weighted by molar-refractivity contribution is -0.222. The van der Waals surface area contributed by atoms with Crippen molar-refractivity contribution < 1.29 is 32.2 Å². The number of cyclic esters (lactones) is 2. The van der Waals surface area contributed by atoms with Gasteiger partial charge in [0.25, 0.3) is 5.79 Å². The summed E-state index contributed by atoms with van der Waals surface area (Å²) in [7, 11) is 0. The Labute approximate surface area is 240 Å². The van der Waals surface area contributed by atoms with Crippen molar-refractivity contribution in [1.82, 2.24) is 4.90 Å². The van der Waals surface area contributed by atoms with E-state index < -0.39 is 29.5 Å². The van der Waals surface area contributed by atoms with Crippen LogP contribution in [0.1, 0.15) is 90.3 Å². The minimum Gasteiger partial charge on any atom is -0.419 e. The van der Waals surface area contributed by atoms with Gasteiger partial charge in [-0.1, -0.05) is 77.6 Å². The Morgan fingerprint density at radius 1 is 0.829 bits per heavy atom. The summed E-state index contributed by atoms with van der Waals surface area (Å²) in [4.78, 5) is 28.2. The highest BCUT2D eigenvalue weighted by Gasteiger charge is 2.42. The lowest BCUT2D eigenvalue weighted by Crippen LogP contribution is -2.44. The van der Waals surface area contributed by atoms with E-state index >= 15 is 0 Å². The van der Waals surface area contributed by atoms with Crippen molar-refractivity contribution in [2.24, 2.45) is 0 Å². The first-order chi connectivity index (χ1) is 19.1. The Morgan fingerprint density at radius 2 is 1.37 bits per heavy atom. The van der Waals surface area contributed by atoms with Gasteiger partial charge in [-0.15, -0.1) is 0 Å². The van der Waals surface area contributed by atoms with Gasteiger partial charge in [-0.3, -0.25) is 0 Å². The molecule has 1 aliphatic rings. The van der Waals surface area contributed by atoms with Crippen LogP contribution in [-0.4, -0.2) is 29.2 Å². The van der Waals surface area contributed by atoms with Crippen LogP contribution >= 0.6 is 0 Å². The second kappa shape index (κ2) is 13.0. The van der Waals surface area contributed by atoms with Gasteiger partial charge in [-0.2, -0.15) is 13.2 Å². The van der Waals surface area contributed by atoms with Crippen LogP contribution in [0.15, 0.2) is 59.9 Å². The Morgan fingerprint density at radius 3 is 1.88 bits per heavy atom. The second-order valence-corrected chi connectivity index (χ2v) is 11.9. The van der Waals surface area contributed by atoms with Crippen LogP contribution < -0.4 is 5.32 Å². The van der Waals surface area contributed by atoms with E-state index in [1.54, 1.807) is 0 Å². The lowest BCUT2D eigenvalue weighted by atomic mass is 9.87. The van der Waals surface area contributed by atoms with Crippen molar-refractivity contribution in [2.45, 2.75) is 97.6 Å². The van der Waals surface area contributed by atoms with Crippen LogP contribution in [0, 0.1) is 0 Å². The first kappa shape index (κ1) is 32.0. The average molecular weight is 575 g/mol. The number of halogens is 3. The van der Waals surface area contributed by atoms with Gasteiger partial charge in [-0.05, 0) is 47.2 Å². The lowest BCUT2D eigenvalue weighted by Gasteiger charge is -2.34. The van der Waals surface area contributed by atoms with E-state index in [4.69, 9.17) is 9.47 Å². The molecular formula is C32H41F3N2O4. The molecule has 0 radical (unpaired) electrons. The smallest absolute Gasteiger partial charge is 0.416 e. The summed E-state index contributed by atoms with van der Waals surface area (Å²) in [5.74, 6) is -3.03. The van der Waals surface area contributed by atoms with Gasteiger partial charge in [-0.25, -0.2) is 9.59 Å². The van der Waals surface area contributed by atoms with Crippen molar-refractivity contribution in [3.63, 3.8) is 0 Å². The van der Waals surface area contributed by atoms with E-state index in [9.17, 15) is 22.8 Å². The fourth-order valence-electron chi connectivity index (χ4n) is 4.53. The Hall–Kier alpha value is -3.49. The normalized spacial score (nSPS) is 15.3. The maximum Gasteiger partial charge on any atom is 0.416 e. The zero-order chi connectivity index (χ0) is 30.4. The van der Waals surface area contributed by atoms with Gasteiger partial charge in [0.1, 0.15) is 5.82 Å². The fraction of sp³-hybridized carbons (Fsp3) is 0.500. The summed E-state index contributed by atoms with van der Waals surface area (Å²) >= 11 is 0. The third-order valence-corrected chi connectivity index (χ3v) is 6.84. The summed E-state index contributed by atoms with van der Waals surface area (Å²) in [6.45, 7) is 12.3. The molecule has 2 aromatic carbocycles. The molecule has 0 aliphatic carbocycles. The molecule has 0 bridgehead atoms. The van der Waals surface area contributed by atoms with Gasteiger partial charge in [0, 0.05) is 32.6 Å². The molecule has 1 saturated heterocycles. The Kier molecular flexibility index (Phi) is 10.2. The summed E-state index contributed by atoms with van der Waals surface area (Å²) in [6.07, 6.45) is 0.453. The third kappa shape index (κ3) is 9.00. The van der Waals surface area contributed by atoms with Crippen LogP contribution in [0.5, 0.6) is 0 Å². The number of alkyl halides is 3. The number of ether oxygens (including phenoxy) is 2. The van der Waals surface area contributed by atoms with E-state index in [-0.39, 0.29) is 22.5 Å². The molecule has 1 heterocycles. The minimum absolute atomic E-state index is 0.0306. The molecule has 2 aromatic rings. The van der Waals surface area contributed by atoms with Crippen molar-refractivity contribution in [2.75, 3.05) is 11.9 Å². The van der Waals surface area contributed by atoms with Crippen molar-refractivity contribution in [3.05, 3.63) is 76.6 Å². The third-order valence-electron chi connectivity index (χ3n) is 6.84. The summed E-state index contributed by atoms with van der Waals surface area (Å²) in [5.41, 5.74) is 1.22. The average Bonchev–Trinajstić information content (AvgIpc) is 2.86. The molecule has 0 spiro atoms. The number of unbranched alkanes of at least 4 members (excludes halogenated alkanes) is 4. The standard InChI is InChI=1S/C32H41F3N2O4/c1-7-8-9-10-11-20-37(21-22-12-14-23(15-13-22)30(2,3)4)27(26-28(38)40-31(5,6)41-29(26)39)36-25-18-16-24(17-19-25)32(33,34)35/h12-19,36H,7-11,20-21H2,1-6H3. The van der Waals surface area contributed by atoms with Gasteiger partial charge in [0.2, 0.25) is 0 Å². The molecule has 0 amide bonds. The Balaban J connectivity index is 2.05.